The molecule has 0 aliphatic heterocycles. The first-order valence-electron chi connectivity index (χ1n) is 6.44. The average molecular weight is 265 g/mol. The summed E-state index contributed by atoms with van der Waals surface area (Å²) in [5.41, 5.74) is 0.260. The molecular weight excluding hydrogens is 250 g/mol. The lowest BCUT2D eigenvalue weighted by atomic mass is 9.89. The number of benzene rings is 1. The monoisotopic (exact) mass is 265 g/mol. The van der Waals surface area contributed by atoms with Gasteiger partial charge in [-0.3, -0.25) is 4.98 Å². The van der Waals surface area contributed by atoms with Crippen LogP contribution in [0, 0.1) is 0 Å². The minimum Gasteiger partial charge on any atom is -0.377 e. The third-order valence-corrected chi connectivity index (χ3v) is 3.31. The van der Waals surface area contributed by atoms with Crippen LogP contribution in [0.3, 0.4) is 0 Å². The van der Waals surface area contributed by atoms with E-state index >= 15 is 0 Å². The van der Waals surface area contributed by atoms with Crippen LogP contribution in [0.2, 0.25) is 0 Å². The molecule has 1 atom stereocenters. The standard InChI is InChI=1S/C16H15N3O/c20-16(12-19-11-10-17-13-19,14-6-2-1-3-7-14)15-8-4-5-9-18-15/h1-11,13,20H,12H2/t16-/m1/s1. The van der Waals surface area contributed by atoms with E-state index in [2.05, 4.69) is 9.97 Å². The molecule has 1 N–H and O–H groups in total. The maximum atomic E-state index is 11.2. The summed E-state index contributed by atoms with van der Waals surface area (Å²) in [5.74, 6) is 0. The van der Waals surface area contributed by atoms with Gasteiger partial charge < -0.3 is 9.67 Å². The molecule has 1 aromatic carbocycles. The van der Waals surface area contributed by atoms with Crippen molar-refractivity contribution in [1.29, 1.82) is 0 Å². The number of aromatic nitrogens is 3. The Morgan fingerprint density at radius 2 is 1.80 bits per heavy atom. The van der Waals surface area contributed by atoms with Crippen LogP contribution < -0.4 is 0 Å². The quantitative estimate of drug-likeness (QED) is 0.787. The molecule has 3 rings (SSSR count). The van der Waals surface area contributed by atoms with E-state index in [1.165, 1.54) is 0 Å². The largest absolute Gasteiger partial charge is 0.377 e. The van der Waals surface area contributed by atoms with Gasteiger partial charge in [-0.2, -0.15) is 0 Å². The fourth-order valence-corrected chi connectivity index (χ4v) is 2.29. The molecule has 0 radical (unpaired) electrons. The molecule has 2 aromatic heterocycles. The zero-order valence-electron chi connectivity index (χ0n) is 10.9. The summed E-state index contributed by atoms with van der Waals surface area (Å²) in [6, 6.07) is 15.1. The summed E-state index contributed by atoms with van der Waals surface area (Å²) in [7, 11) is 0. The lowest BCUT2D eigenvalue weighted by Crippen LogP contribution is -2.33. The highest BCUT2D eigenvalue weighted by Gasteiger charge is 2.33. The van der Waals surface area contributed by atoms with Crippen molar-refractivity contribution in [3.8, 4) is 0 Å². The Morgan fingerprint density at radius 1 is 1.00 bits per heavy atom. The van der Waals surface area contributed by atoms with E-state index in [4.69, 9.17) is 0 Å². The fourth-order valence-electron chi connectivity index (χ4n) is 2.29. The van der Waals surface area contributed by atoms with Gasteiger partial charge in [0.15, 0.2) is 0 Å². The summed E-state index contributed by atoms with van der Waals surface area (Å²) in [4.78, 5) is 8.35. The number of rotatable bonds is 4. The Bertz CT molecular complexity index is 611. The van der Waals surface area contributed by atoms with Gasteiger partial charge in [-0.15, -0.1) is 0 Å². The van der Waals surface area contributed by atoms with Gasteiger partial charge in [0.05, 0.1) is 18.6 Å². The Morgan fingerprint density at radius 3 is 2.45 bits per heavy atom. The first-order chi connectivity index (χ1) is 9.79. The summed E-state index contributed by atoms with van der Waals surface area (Å²) in [5, 5.41) is 11.2. The van der Waals surface area contributed by atoms with E-state index in [-0.39, 0.29) is 0 Å². The number of hydrogen-bond donors (Lipinski definition) is 1. The molecule has 0 spiro atoms. The number of aliphatic hydroxyl groups is 1. The summed E-state index contributed by atoms with van der Waals surface area (Å²) < 4.78 is 1.85. The molecule has 4 nitrogen and oxygen atoms in total. The third kappa shape index (κ3) is 2.33. The summed E-state index contributed by atoms with van der Waals surface area (Å²) >= 11 is 0. The van der Waals surface area contributed by atoms with E-state index in [1.54, 1.807) is 18.7 Å². The van der Waals surface area contributed by atoms with Crippen LogP contribution in [0.15, 0.2) is 73.4 Å². The zero-order valence-corrected chi connectivity index (χ0v) is 10.9. The molecule has 0 aliphatic rings. The van der Waals surface area contributed by atoms with Crippen LogP contribution in [0.1, 0.15) is 11.3 Å². The normalized spacial score (nSPS) is 13.8. The highest BCUT2D eigenvalue weighted by molar-refractivity contribution is 5.31. The molecule has 0 fully saturated rings. The Hall–Kier alpha value is -2.46. The first-order valence-corrected chi connectivity index (χ1v) is 6.44. The minimum atomic E-state index is -1.18. The van der Waals surface area contributed by atoms with Crippen molar-refractivity contribution in [2.75, 3.05) is 0 Å². The van der Waals surface area contributed by atoms with Crippen LogP contribution in [-0.4, -0.2) is 19.6 Å². The third-order valence-electron chi connectivity index (χ3n) is 3.31. The van der Waals surface area contributed by atoms with Gasteiger partial charge in [0.1, 0.15) is 5.60 Å². The van der Waals surface area contributed by atoms with E-state index in [9.17, 15) is 5.11 Å². The summed E-state index contributed by atoms with van der Waals surface area (Å²) in [6.07, 6.45) is 6.91. The van der Waals surface area contributed by atoms with Crippen molar-refractivity contribution in [1.82, 2.24) is 14.5 Å². The molecule has 0 aliphatic carbocycles. The Balaban J connectivity index is 2.08. The highest BCUT2D eigenvalue weighted by atomic mass is 16.3. The van der Waals surface area contributed by atoms with Crippen molar-refractivity contribution in [3.63, 3.8) is 0 Å². The number of pyridine rings is 1. The molecule has 100 valence electrons. The topological polar surface area (TPSA) is 50.9 Å². The molecule has 0 bridgehead atoms. The zero-order chi connectivity index (χ0) is 13.8. The summed E-state index contributed by atoms with van der Waals surface area (Å²) in [6.45, 7) is 0.369. The van der Waals surface area contributed by atoms with Crippen molar-refractivity contribution in [3.05, 3.63) is 84.7 Å². The number of imidazole rings is 1. The SMILES string of the molecule is O[C@](Cn1ccnc1)(c1ccccc1)c1ccccn1. The van der Waals surface area contributed by atoms with Gasteiger partial charge in [-0.05, 0) is 17.7 Å². The van der Waals surface area contributed by atoms with E-state index in [1.807, 2.05) is 59.3 Å². The lowest BCUT2D eigenvalue weighted by Gasteiger charge is -2.28. The van der Waals surface area contributed by atoms with Gasteiger partial charge >= 0.3 is 0 Å². The predicted molar refractivity (Wildman–Crippen MR) is 75.9 cm³/mol. The van der Waals surface area contributed by atoms with E-state index < -0.39 is 5.60 Å². The predicted octanol–water partition coefficient (Wildman–Crippen LogP) is 2.21. The maximum Gasteiger partial charge on any atom is 0.149 e. The molecule has 0 saturated heterocycles. The molecule has 2 heterocycles. The second kappa shape index (κ2) is 5.27. The molecular formula is C16H15N3O. The fraction of sp³-hybridized carbons (Fsp3) is 0.125. The van der Waals surface area contributed by atoms with E-state index in [0.29, 0.717) is 12.2 Å². The minimum absolute atomic E-state index is 0.369. The van der Waals surface area contributed by atoms with Crippen LogP contribution in [0.25, 0.3) is 0 Å². The van der Waals surface area contributed by atoms with Crippen LogP contribution in [0.5, 0.6) is 0 Å². The smallest absolute Gasteiger partial charge is 0.149 e. The van der Waals surface area contributed by atoms with Gasteiger partial charge in [0, 0.05) is 18.6 Å². The van der Waals surface area contributed by atoms with Crippen molar-refractivity contribution in [2.45, 2.75) is 12.1 Å². The van der Waals surface area contributed by atoms with Crippen molar-refractivity contribution >= 4 is 0 Å². The molecule has 0 amide bonds. The number of nitrogens with zero attached hydrogens (tertiary/aromatic N) is 3. The van der Waals surface area contributed by atoms with Gasteiger partial charge in [-0.1, -0.05) is 36.4 Å². The molecule has 0 unspecified atom stereocenters. The molecule has 0 saturated carbocycles. The molecule has 4 heteroatoms. The average Bonchev–Trinajstić information content (AvgIpc) is 3.02. The van der Waals surface area contributed by atoms with Gasteiger partial charge in [0.2, 0.25) is 0 Å². The van der Waals surface area contributed by atoms with Gasteiger partial charge in [0.25, 0.3) is 0 Å². The van der Waals surface area contributed by atoms with Crippen LogP contribution in [-0.2, 0) is 12.1 Å². The second-order valence-electron chi connectivity index (χ2n) is 4.68. The highest BCUT2D eigenvalue weighted by Crippen LogP contribution is 2.29. The Labute approximate surface area is 117 Å². The van der Waals surface area contributed by atoms with Crippen LogP contribution in [0.4, 0.5) is 0 Å². The molecule has 20 heavy (non-hydrogen) atoms. The van der Waals surface area contributed by atoms with Crippen molar-refractivity contribution < 1.29 is 5.11 Å². The van der Waals surface area contributed by atoms with Crippen LogP contribution >= 0.6 is 0 Å². The first kappa shape index (κ1) is 12.6. The Kier molecular flexibility index (Phi) is 3.31. The second-order valence-corrected chi connectivity index (χ2v) is 4.68. The maximum absolute atomic E-state index is 11.2. The van der Waals surface area contributed by atoms with Gasteiger partial charge in [-0.25, -0.2) is 4.98 Å². The van der Waals surface area contributed by atoms with Crippen molar-refractivity contribution in [2.24, 2.45) is 0 Å². The lowest BCUT2D eigenvalue weighted by molar-refractivity contribution is 0.0567. The number of hydrogen-bond acceptors (Lipinski definition) is 3. The van der Waals surface area contributed by atoms with E-state index in [0.717, 1.165) is 5.56 Å². The molecule has 3 aromatic rings.